The summed E-state index contributed by atoms with van der Waals surface area (Å²) in [5.74, 6) is 1.41. The fourth-order valence-corrected chi connectivity index (χ4v) is 2.58. The molecule has 1 heterocycles. The van der Waals surface area contributed by atoms with E-state index in [0.29, 0.717) is 16.9 Å². The topological polar surface area (TPSA) is 60.1 Å². The van der Waals surface area contributed by atoms with Crippen LogP contribution in [0.5, 0.6) is 11.5 Å². The van der Waals surface area contributed by atoms with Crippen molar-refractivity contribution in [2.45, 2.75) is 19.8 Å². The molecule has 0 spiro atoms. The molecule has 0 bridgehead atoms. The summed E-state index contributed by atoms with van der Waals surface area (Å²) >= 11 is 0. The second-order valence-corrected chi connectivity index (χ2v) is 5.20. The average molecular weight is 289 g/mol. The predicted octanol–water partition coefficient (Wildman–Crippen LogP) is 4.47. The highest BCUT2D eigenvalue weighted by molar-refractivity contribution is 5.79. The van der Waals surface area contributed by atoms with Crippen molar-refractivity contribution in [3.05, 3.63) is 47.5 Å². The molecule has 22 heavy (non-hydrogen) atoms. The molecule has 0 unspecified atom stereocenters. The molecule has 0 N–H and O–H groups in total. The van der Waals surface area contributed by atoms with Crippen LogP contribution in [-0.4, -0.2) is 6.54 Å². The van der Waals surface area contributed by atoms with Gasteiger partial charge in [0, 0.05) is 12.6 Å². The molecule has 2 aromatic carbocycles. The lowest BCUT2D eigenvalue weighted by atomic mass is 10.1. The number of nitriles is 2. The number of unbranched alkanes of at least 4 members (excludes halogenated alkanes) is 1. The van der Waals surface area contributed by atoms with E-state index in [2.05, 4.69) is 24.0 Å². The second-order valence-electron chi connectivity index (χ2n) is 5.20. The lowest BCUT2D eigenvalue weighted by Gasteiger charge is -2.33. The van der Waals surface area contributed by atoms with Crippen molar-refractivity contribution >= 4 is 11.4 Å². The Bertz CT molecular complexity index is 799. The van der Waals surface area contributed by atoms with Crippen LogP contribution in [0.15, 0.2) is 36.4 Å². The monoisotopic (exact) mass is 289 g/mol. The van der Waals surface area contributed by atoms with Crippen LogP contribution in [0, 0.1) is 22.7 Å². The van der Waals surface area contributed by atoms with Crippen molar-refractivity contribution in [1.29, 1.82) is 10.5 Å². The van der Waals surface area contributed by atoms with E-state index in [0.717, 1.165) is 36.5 Å². The van der Waals surface area contributed by atoms with Gasteiger partial charge in [0.15, 0.2) is 11.5 Å². The molecule has 1 aliphatic rings. The smallest absolute Gasteiger partial charge is 0.152 e. The summed E-state index contributed by atoms with van der Waals surface area (Å²) in [4.78, 5) is 2.17. The fourth-order valence-electron chi connectivity index (χ4n) is 2.58. The van der Waals surface area contributed by atoms with E-state index in [4.69, 9.17) is 15.3 Å². The van der Waals surface area contributed by atoms with Gasteiger partial charge in [-0.2, -0.15) is 10.5 Å². The van der Waals surface area contributed by atoms with E-state index < -0.39 is 0 Å². The number of hydrogen-bond acceptors (Lipinski definition) is 4. The Morgan fingerprint density at radius 2 is 1.68 bits per heavy atom. The van der Waals surface area contributed by atoms with Gasteiger partial charge in [-0.15, -0.1) is 0 Å². The molecule has 0 aromatic heterocycles. The van der Waals surface area contributed by atoms with Crippen LogP contribution >= 0.6 is 0 Å². The molecular formula is C18H15N3O. The zero-order valence-electron chi connectivity index (χ0n) is 12.3. The molecule has 4 heteroatoms. The van der Waals surface area contributed by atoms with Gasteiger partial charge in [-0.05, 0) is 36.8 Å². The van der Waals surface area contributed by atoms with Crippen LogP contribution in [0.2, 0.25) is 0 Å². The van der Waals surface area contributed by atoms with Crippen molar-refractivity contribution < 1.29 is 4.74 Å². The maximum Gasteiger partial charge on any atom is 0.152 e. The number of hydrogen-bond donors (Lipinski definition) is 0. The molecule has 0 fully saturated rings. The van der Waals surface area contributed by atoms with Crippen molar-refractivity contribution in [2.24, 2.45) is 0 Å². The summed E-state index contributed by atoms with van der Waals surface area (Å²) in [5.41, 5.74) is 3.03. The number of anilines is 2. The zero-order chi connectivity index (χ0) is 15.5. The molecule has 0 atom stereocenters. The van der Waals surface area contributed by atoms with Gasteiger partial charge in [0.25, 0.3) is 0 Å². The third-order valence-corrected chi connectivity index (χ3v) is 3.71. The van der Waals surface area contributed by atoms with Gasteiger partial charge in [0.2, 0.25) is 0 Å². The minimum absolute atomic E-state index is 0.575. The molecule has 3 rings (SSSR count). The van der Waals surface area contributed by atoms with Gasteiger partial charge in [-0.25, -0.2) is 0 Å². The van der Waals surface area contributed by atoms with Gasteiger partial charge in [0.1, 0.15) is 0 Å². The molecule has 0 amide bonds. The van der Waals surface area contributed by atoms with Crippen LogP contribution in [0.4, 0.5) is 11.4 Å². The predicted molar refractivity (Wildman–Crippen MR) is 84.3 cm³/mol. The number of rotatable bonds is 3. The second kappa shape index (κ2) is 5.79. The van der Waals surface area contributed by atoms with Crippen molar-refractivity contribution in [3.8, 4) is 23.6 Å². The van der Waals surface area contributed by atoms with Gasteiger partial charge in [0.05, 0.1) is 34.6 Å². The van der Waals surface area contributed by atoms with Crippen LogP contribution < -0.4 is 9.64 Å². The van der Waals surface area contributed by atoms with Crippen LogP contribution in [0.1, 0.15) is 30.9 Å². The largest absolute Gasteiger partial charge is 0.453 e. The molecule has 2 aromatic rings. The molecule has 0 saturated carbocycles. The summed E-state index contributed by atoms with van der Waals surface area (Å²) in [5, 5.41) is 18.2. The normalized spacial score (nSPS) is 11.7. The van der Waals surface area contributed by atoms with Gasteiger partial charge >= 0.3 is 0 Å². The van der Waals surface area contributed by atoms with E-state index in [1.807, 2.05) is 18.2 Å². The van der Waals surface area contributed by atoms with Crippen molar-refractivity contribution in [3.63, 3.8) is 0 Å². The SMILES string of the molecule is CCCCN1c2ccc(C#N)cc2Oc2ccc(C#N)cc21. The van der Waals surface area contributed by atoms with Crippen molar-refractivity contribution in [1.82, 2.24) is 0 Å². The van der Waals surface area contributed by atoms with Gasteiger partial charge in [-0.1, -0.05) is 13.3 Å². The van der Waals surface area contributed by atoms with Gasteiger partial charge in [-0.3, -0.25) is 0 Å². The number of ether oxygens (including phenoxy) is 1. The Kier molecular flexibility index (Phi) is 3.68. The minimum Gasteiger partial charge on any atom is -0.453 e. The molecule has 0 radical (unpaired) electrons. The third-order valence-electron chi connectivity index (χ3n) is 3.71. The lowest BCUT2D eigenvalue weighted by molar-refractivity contribution is 0.472. The maximum atomic E-state index is 9.12. The summed E-state index contributed by atoms with van der Waals surface area (Å²) in [6.07, 6.45) is 2.12. The Morgan fingerprint density at radius 3 is 2.41 bits per heavy atom. The molecule has 0 aliphatic carbocycles. The van der Waals surface area contributed by atoms with E-state index in [1.54, 1.807) is 18.2 Å². The Balaban J connectivity index is 2.11. The summed E-state index contributed by atoms with van der Waals surface area (Å²) in [6.45, 7) is 2.99. The van der Waals surface area contributed by atoms with Crippen LogP contribution in [0.25, 0.3) is 0 Å². The lowest BCUT2D eigenvalue weighted by Crippen LogP contribution is -2.22. The van der Waals surface area contributed by atoms with E-state index in [1.165, 1.54) is 0 Å². The summed E-state index contributed by atoms with van der Waals surface area (Å²) in [7, 11) is 0. The van der Waals surface area contributed by atoms with Crippen molar-refractivity contribution in [2.75, 3.05) is 11.4 Å². The zero-order valence-corrected chi connectivity index (χ0v) is 12.3. The average Bonchev–Trinajstić information content (AvgIpc) is 2.57. The first-order chi connectivity index (χ1) is 10.8. The number of nitrogens with zero attached hydrogens (tertiary/aromatic N) is 3. The highest BCUT2D eigenvalue weighted by atomic mass is 16.5. The highest BCUT2D eigenvalue weighted by Gasteiger charge is 2.24. The maximum absolute atomic E-state index is 9.12. The number of benzene rings is 2. The Labute approximate surface area is 129 Å². The first-order valence-electron chi connectivity index (χ1n) is 7.30. The fraction of sp³-hybridized carbons (Fsp3) is 0.222. The van der Waals surface area contributed by atoms with Gasteiger partial charge < -0.3 is 9.64 Å². The molecule has 0 saturated heterocycles. The van der Waals surface area contributed by atoms with Crippen LogP contribution in [-0.2, 0) is 0 Å². The standard InChI is InChI=1S/C18H15N3O/c1-2-3-8-21-15-6-4-14(12-20)10-18(15)22-17-7-5-13(11-19)9-16(17)21/h4-7,9-10H,2-3,8H2,1H3. The Morgan fingerprint density at radius 1 is 0.955 bits per heavy atom. The summed E-state index contributed by atoms with van der Waals surface area (Å²) < 4.78 is 5.93. The Hall–Kier alpha value is -2.98. The van der Waals surface area contributed by atoms with E-state index >= 15 is 0 Å². The molecular weight excluding hydrogens is 274 g/mol. The molecule has 4 nitrogen and oxygen atoms in total. The quantitative estimate of drug-likeness (QED) is 0.836. The first-order valence-corrected chi connectivity index (χ1v) is 7.30. The summed E-state index contributed by atoms with van der Waals surface area (Å²) in [6, 6.07) is 15.2. The highest BCUT2D eigenvalue weighted by Crippen LogP contribution is 2.47. The third kappa shape index (κ3) is 2.36. The molecule has 1 aliphatic heterocycles. The van der Waals surface area contributed by atoms with Crippen LogP contribution in [0.3, 0.4) is 0 Å². The minimum atomic E-state index is 0.575. The number of fused-ring (bicyclic) bond motifs is 2. The van der Waals surface area contributed by atoms with E-state index in [-0.39, 0.29) is 0 Å². The van der Waals surface area contributed by atoms with E-state index in [9.17, 15) is 0 Å². The first kappa shape index (κ1) is 14.0. The molecule has 108 valence electrons.